The predicted molar refractivity (Wildman–Crippen MR) is 366 cm³/mol. The molecule has 0 aromatic heterocycles. The molecule has 0 heterocycles. The molecule has 0 aliphatic carbocycles. The van der Waals surface area contributed by atoms with Gasteiger partial charge in [-0.15, -0.1) is 0 Å². The molecular formula is C75H118NO8P. The van der Waals surface area contributed by atoms with Crippen LogP contribution in [0.5, 0.6) is 0 Å². The summed E-state index contributed by atoms with van der Waals surface area (Å²) >= 11 is 0. The van der Waals surface area contributed by atoms with Gasteiger partial charge in [-0.3, -0.25) is 18.6 Å². The van der Waals surface area contributed by atoms with Crippen LogP contribution in [0.4, 0.5) is 0 Å². The van der Waals surface area contributed by atoms with Crippen molar-refractivity contribution in [2.75, 3.05) is 26.4 Å². The Kier molecular flexibility index (Phi) is 63.9. The molecule has 3 N–H and O–H groups in total. The third kappa shape index (κ3) is 67.8. The van der Waals surface area contributed by atoms with Gasteiger partial charge >= 0.3 is 19.8 Å². The maximum absolute atomic E-state index is 12.7. The third-order valence-corrected chi connectivity index (χ3v) is 14.0. The van der Waals surface area contributed by atoms with Gasteiger partial charge in [0.05, 0.1) is 13.2 Å². The van der Waals surface area contributed by atoms with Crippen molar-refractivity contribution in [2.24, 2.45) is 5.73 Å². The van der Waals surface area contributed by atoms with E-state index in [4.69, 9.17) is 24.3 Å². The molecule has 0 aliphatic rings. The van der Waals surface area contributed by atoms with Gasteiger partial charge in [-0.2, -0.15) is 0 Å². The lowest BCUT2D eigenvalue weighted by Gasteiger charge is -2.19. The van der Waals surface area contributed by atoms with E-state index in [1.165, 1.54) is 44.9 Å². The number of nitrogens with two attached hydrogens (primary N) is 1. The smallest absolute Gasteiger partial charge is 0.462 e. The number of hydrogen-bond acceptors (Lipinski definition) is 8. The highest BCUT2D eigenvalue weighted by molar-refractivity contribution is 7.47. The molecule has 0 radical (unpaired) electrons. The molecule has 2 atom stereocenters. The molecule has 0 saturated carbocycles. The number of unbranched alkanes of at least 4 members (excludes halogenated alkanes) is 14. The van der Waals surface area contributed by atoms with Gasteiger partial charge in [0.15, 0.2) is 6.10 Å². The first-order valence-corrected chi connectivity index (χ1v) is 34.4. The average molecular weight is 1190 g/mol. The fraction of sp³-hybridized carbons (Fsp3) is 0.547. The summed E-state index contributed by atoms with van der Waals surface area (Å²) in [5.41, 5.74) is 5.39. The monoisotopic (exact) mass is 1190 g/mol. The minimum atomic E-state index is -4.42. The van der Waals surface area contributed by atoms with E-state index >= 15 is 0 Å². The second-order valence-corrected chi connectivity index (χ2v) is 22.3. The van der Waals surface area contributed by atoms with Crippen molar-refractivity contribution in [3.8, 4) is 0 Å². The molecule has 0 aromatic carbocycles. The summed E-state index contributed by atoms with van der Waals surface area (Å²) in [6.45, 7) is 3.45. The van der Waals surface area contributed by atoms with Crippen molar-refractivity contribution in [3.63, 3.8) is 0 Å². The summed E-state index contributed by atoms with van der Waals surface area (Å²) in [5.74, 6) is -0.884. The number of esters is 2. The number of carbonyl (C=O) groups excluding carboxylic acids is 2. The van der Waals surface area contributed by atoms with Crippen molar-refractivity contribution in [3.05, 3.63) is 194 Å². The topological polar surface area (TPSA) is 134 Å². The lowest BCUT2D eigenvalue weighted by molar-refractivity contribution is -0.161. The first-order chi connectivity index (χ1) is 41.8. The SMILES string of the molecule is CC/C=C\C/C=C\C/C=C\C/C=C\C/C=C\C/C=C\C/C=C\C/C=C\C/C=C\CCCCCC(=O)OC(COC(=O)CCCCCCCCCCCCC/C=C\C/C=C\C/C=C\C/C=C\C/C=C\C/C=C\C/C=C\CC)COP(=O)(O)OCCN. The Morgan fingerprint density at radius 3 is 0.918 bits per heavy atom. The van der Waals surface area contributed by atoms with Gasteiger partial charge in [0.2, 0.25) is 0 Å². The highest BCUT2D eigenvalue weighted by Crippen LogP contribution is 2.43. The van der Waals surface area contributed by atoms with Gasteiger partial charge in [-0.25, -0.2) is 4.57 Å². The number of phosphoric acid groups is 1. The Hall–Kier alpha value is -5.15. The van der Waals surface area contributed by atoms with Crippen molar-refractivity contribution in [2.45, 2.75) is 238 Å². The van der Waals surface area contributed by atoms with Crippen molar-refractivity contribution < 1.29 is 37.6 Å². The highest BCUT2D eigenvalue weighted by atomic mass is 31.2. The summed E-state index contributed by atoms with van der Waals surface area (Å²) in [6, 6.07) is 0. The lowest BCUT2D eigenvalue weighted by atomic mass is 10.0. The van der Waals surface area contributed by atoms with Crippen LogP contribution in [0.3, 0.4) is 0 Å². The van der Waals surface area contributed by atoms with E-state index in [0.717, 1.165) is 148 Å². The van der Waals surface area contributed by atoms with E-state index in [1.54, 1.807) is 0 Å². The van der Waals surface area contributed by atoms with Crippen molar-refractivity contribution in [1.82, 2.24) is 0 Å². The number of allylic oxidation sites excluding steroid dienone is 32. The summed E-state index contributed by atoms with van der Waals surface area (Å²) in [5, 5.41) is 0. The molecule has 9 nitrogen and oxygen atoms in total. The molecule has 0 saturated heterocycles. The maximum Gasteiger partial charge on any atom is 0.472 e. The molecule has 0 bridgehead atoms. The molecule has 0 rings (SSSR count). The highest BCUT2D eigenvalue weighted by Gasteiger charge is 2.26. The molecule has 0 aromatic rings. The van der Waals surface area contributed by atoms with Gasteiger partial charge in [-0.05, 0) is 141 Å². The summed E-state index contributed by atoms with van der Waals surface area (Å²) in [4.78, 5) is 35.3. The fourth-order valence-electron chi connectivity index (χ4n) is 8.20. The van der Waals surface area contributed by atoms with E-state index in [2.05, 4.69) is 208 Å². The largest absolute Gasteiger partial charge is 0.472 e. The summed E-state index contributed by atoms with van der Waals surface area (Å²) < 4.78 is 33.1. The zero-order valence-electron chi connectivity index (χ0n) is 53.3. The number of carbonyl (C=O) groups is 2. The molecule has 2 unspecified atom stereocenters. The molecule has 10 heteroatoms. The number of phosphoric ester groups is 1. The molecule has 0 fully saturated rings. The Morgan fingerprint density at radius 2 is 0.612 bits per heavy atom. The second kappa shape index (κ2) is 68.0. The zero-order chi connectivity index (χ0) is 61.6. The first kappa shape index (κ1) is 79.8. The lowest BCUT2D eigenvalue weighted by Crippen LogP contribution is -2.29. The Balaban J connectivity index is 4.07. The van der Waals surface area contributed by atoms with Crippen LogP contribution in [0.1, 0.15) is 232 Å². The van der Waals surface area contributed by atoms with Crippen LogP contribution >= 0.6 is 7.82 Å². The fourth-order valence-corrected chi connectivity index (χ4v) is 8.96. The second-order valence-electron chi connectivity index (χ2n) is 20.9. The molecule has 0 amide bonds. The zero-order valence-corrected chi connectivity index (χ0v) is 54.1. The summed E-state index contributed by atoms with van der Waals surface area (Å²) in [6.07, 6.45) is 104. The van der Waals surface area contributed by atoms with Crippen LogP contribution in [0.15, 0.2) is 194 Å². The number of ether oxygens (including phenoxy) is 2. The van der Waals surface area contributed by atoms with E-state index in [1.807, 2.05) is 0 Å². The standard InChI is InChI=1S/C75H118NO8P/c1-3-5-7-9-11-13-15-17-19-21-23-25-27-29-31-33-35-36-38-39-41-43-45-47-49-51-53-55-57-59-61-63-65-67-74(77)81-71-73(72-83-85(79,80)82-70-69-76)84-75(78)68-66-64-62-60-58-56-54-52-50-48-46-44-42-40-37-34-32-30-28-26-24-22-20-18-16-14-12-10-8-6-4-2/h5-8,11-14,17-20,23-26,29-32,35-37,39-41,44,46,50,52,56,58,73H,3-4,9-10,15-16,21-22,27-28,33-34,38,42-43,45,47-49,51,53-55,57,59-72,76H2,1-2H3,(H,79,80)/b7-5-,8-6-,13-11-,14-12-,19-17-,20-18-,25-23-,26-24-,31-29-,32-30-,36-35-,40-37-,41-39-,46-44-,52-50-,58-56-. The number of hydrogen-bond donors (Lipinski definition) is 2. The van der Waals surface area contributed by atoms with E-state index in [0.29, 0.717) is 12.8 Å². The molecule has 0 aliphatic heterocycles. The van der Waals surface area contributed by atoms with Gasteiger partial charge in [0, 0.05) is 19.4 Å². The predicted octanol–water partition coefficient (Wildman–Crippen LogP) is 21.7. The van der Waals surface area contributed by atoms with Gasteiger partial charge in [0.25, 0.3) is 0 Å². The Morgan fingerprint density at radius 1 is 0.353 bits per heavy atom. The minimum Gasteiger partial charge on any atom is -0.462 e. The quantitative estimate of drug-likeness (QED) is 0.0264. The van der Waals surface area contributed by atoms with E-state index in [-0.39, 0.29) is 32.6 Å². The molecule has 476 valence electrons. The first-order valence-electron chi connectivity index (χ1n) is 32.9. The molecule has 85 heavy (non-hydrogen) atoms. The number of rotatable bonds is 59. The molecular weight excluding hydrogens is 1070 g/mol. The van der Waals surface area contributed by atoms with Gasteiger partial charge in [-0.1, -0.05) is 272 Å². The van der Waals surface area contributed by atoms with Gasteiger partial charge < -0.3 is 20.1 Å². The van der Waals surface area contributed by atoms with Crippen LogP contribution in [0.2, 0.25) is 0 Å². The van der Waals surface area contributed by atoms with Crippen LogP contribution in [-0.4, -0.2) is 49.3 Å². The van der Waals surface area contributed by atoms with Crippen molar-refractivity contribution in [1.29, 1.82) is 0 Å². The Bertz CT molecular complexity index is 2090. The van der Waals surface area contributed by atoms with Crippen LogP contribution in [0.25, 0.3) is 0 Å². The van der Waals surface area contributed by atoms with Crippen LogP contribution in [-0.2, 0) is 32.7 Å². The van der Waals surface area contributed by atoms with Crippen molar-refractivity contribution >= 4 is 19.8 Å². The van der Waals surface area contributed by atoms with E-state index in [9.17, 15) is 19.0 Å². The minimum absolute atomic E-state index is 0.0364. The van der Waals surface area contributed by atoms with Crippen LogP contribution in [0, 0.1) is 0 Å². The Labute approximate surface area is 519 Å². The normalized spacial score (nSPS) is 14.3. The summed E-state index contributed by atoms with van der Waals surface area (Å²) in [7, 11) is -4.42. The van der Waals surface area contributed by atoms with Crippen LogP contribution < -0.4 is 5.73 Å². The van der Waals surface area contributed by atoms with E-state index < -0.39 is 32.5 Å². The maximum atomic E-state index is 12.7. The van der Waals surface area contributed by atoms with Gasteiger partial charge in [0.1, 0.15) is 6.61 Å². The average Bonchev–Trinajstić information content (AvgIpc) is 3.52. The molecule has 0 spiro atoms. The third-order valence-electron chi connectivity index (χ3n) is 13.0.